The van der Waals surface area contributed by atoms with E-state index < -0.39 is 17.7 Å². The van der Waals surface area contributed by atoms with Crippen LogP contribution in [0.4, 0.5) is 23.5 Å². The molecule has 2 aromatic rings. The molecule has 1 heterocycles. The number of hydrogen-bond donors (Lipinski definition) is 1. The monoisotopic (exact) mass is 299 g/mol. The molecule has 0 amide bonds. The Morgan fingerprint density at radius 3 is 2.33 bits per heavy atom. The molecule has 7 heteroatoms. The molecule has 21 heavy (non-hydrogen) atoms. The first-order valence-corrected chi connectivity index (χ1v) is 6.36. The number of alkyl halides is 3. The number of hydrogen-bond acceptors (Lipinski definition) is 3. The van der Waals surface area contributed by atoms with Crippen molar-refractivity contribution in [3.63, 3.8) is 0 Å². The van der Waals surface area contributed by atoms with Crippen molar-refractivity contribution in [1.82, 2.24) is 9.97 Å². The van der Waals surface area contributed by atoms with Gasteiger partial charge in [0.2, 0.25) is 5.95 Å². The maximum Gasteiger partial charge on any atom is 0.433 e. The predicted octanol–water partition coefficient (Wildman–Crippen LogP) is 4.12. The third-order valence-corrected chi connectivity index (χ3v) is 2.69. The molecule has 0 radical (unpaired) electrons. The Hall–Kier alpha value is -2.18. The number of benzene rings is 1. The van der Waals surface area contributed by atoms with Gasteiger partial charge in [-0.2, -0.15) is 13.2 Å². The molecule has 0 aliphatic carbocycles. The fourth-order valence-corrected chi connectivity index (χ4v) is 1.68. The molecule has 0 spiro atoms. The highest BCUT2D eigenvalue weighted by Gasteiger charge is 2.33. The zero-order valence-electron chi connectivity index (χ0n) is 11.2. The van der Waals surface area contributed by atoms with Gasteiger partial charge in [0.25, 0.3) is 0 Å². The van der Waals surface area contributed by atoms with Crippen LogP contribution in [-0.4, -0.2) is 16.5 Å². The number of aromatic nitrogens is 2. The molecule has 0 bridgehead atoms. The average molecular weight is 299 g/mol. The zero-order valence-corrected chi connectivity index (χ0v) is 11.2. The van der Waals surface area contributed by atoms with Crippen LogP contribution < -0.4 is 5.32 Å². The van der Waals surface area contributed by atoms with Gasteiger partial charge in [-0.3, -0.25) is 0 Å². The highest BCUT2D eigenvalue weighted by molar-refractivity contribution is 5.61. The summed E-state index contributed by atoms with van der Waals surface area (Å²) in [4.78, 5) is 7.50. The fraction of sp³-hybridized carbons (Fsp3) is 0.286. The van der Waals surface area contributed by atoms with E-state index in [9.17, 15) is 17.6 Å². The Labute approximate surface area is 119 Å². The quantitative estimate of drug-likeness (QED) is 0.863. The van der Waals surface area contributed by atoms with Gasteiger partial charge in [0.15, 0.2) is 5.69 Å². The van der Waals surface area contributed by atoms with E-state index in [1.54, 1.807) is 0 Å². The molecule has 2 rings (SSSR count). The van der Waals surface area contributed by atoms with Crippen molar-refractivity contribution in [3.8, 4) is 11.3 Å². The van der Waals surface area contributed by atoms with Crippen LogP contribution in [0, 0.1) is 5.82 Å². The SMILES string of the molecule is CCCNc1nc(-c2ccc(F)cc2)cc(C(F)(F)F)n1. The van der Waals surface area contributed by atoms with Gasteiger partial charge in [-0.25, -0.2) is 14.4 Å². The Morgan fingerprint density at radius 1 is 1.10 bits per heavy atom. The molecule has 0 fully saturated rings. The Bertz CT molecular complexity index is 609. The molecular formula is C14H13F4N3. The van der Waals surface area contributed by atoms with E-state index in [2.05, 4.69) is 15.3 Å². The summed E-state index contributed by atoms with van der Waals surface area (Å²) < 4.78 is 51.5. The Kier molecular flexibility index (Phi) is 4.40. The van der Waals surface area contributed by atoms with Crippen molar-refractivity contribution in [2.24, 2.45) is 0 Å². The van der Waals surface area contributed by atoms with Gasteiger partial charge in [0.1, 0.15) is 5.82 Å². The van der Waals surface area contributed by atoms with Gasteiger partial charge in [-0.1, -0.05) is 6.92 Å². The molecule has 3 nitrogen and oxygen atoms in total. The lowest BCUT2D eigenvalue weighted by Crippen LogP contribution is -2.13. The molecule has 1 N–H and O–H groups in total. The van der Waals surface area contributed by atoms with Gasteiger partial charge in [0, 0.05) is 12.1 Å². The number of rotatable bonds is 4. The highest BCUT2D eigenvalue weighted by Crippen LogP contribution is 2.31. The molecule has 1 aromatic carbocycles. The van der Waals surface area contributed by atoms with Crippen LogP contribution in [0.2, 0.25) is 0 Å². The lowest BCUT2D eigenvalue weighted by Gasteiger charge is -2.11. The van der Waals surface area contributed by atoms with E-state index in [4.69, 9.17) is 0 Å². The maximum atomic E-state index is 12.9. The largest absolute Gasteiger partial charge is 0.433 e. The molecule has 1 aromatic heterocycles. The summed E-state index contributed by atoms with van der Waals surface area (Å²) in [6.45, 7) is 2.34. The minimum atomic E-state index is -4.57. The molecule has 0 aliphatic rings. The van der Waals surface area contributed by atoms with E-state index in [-0.39, 0.29) is 11.6 Å². The van der Waals surface area contributed by atoms with Crippen LogP contribution in [0.1, 0.15) is 19.0 Å². The smallest absolute Gasteiger partial charge is 0.354 e. The second-order valence-electron chi connectivity index (χ2n) is 4.39. The summed E-state index contributed by atoms with van der Waals surface area (Å²) in [5, 5.41) is 2.73. The molecule has 112 valence electrons. The minimum absolute atomic E-state index is 0.0917. The average Bonchev–Trinajstić information content (AvgIpc) is 2.44. The third kappa shape index (κ3) is 3.90. The van der Waals surface area contributed by atoms with E-state index in [0.29, 0.717) is 12.1 Å². The van der Waals surface area contributed by atoms with Gasteiger partial charge in [-0.15, -0.1) is 0 Å². The summed E-state index contributed by atoms with van der Waals surface area (Å²) in [7, 11) is 0. The van der Waals surface area contributed by atoms with E-state index in [0.717, 1.165) is 12.5 Å². The summed E-state index contributed by atoms with van der Waals surface area (Å²) in [6.07, 6.45) is -3.84. The molecule has 0 saturated heterocycles. The Morgan fingerprint density at radius 2 is 1.76 bits per heavy atom. The van der Waals surface area contributed by atoms with Crippen LogP contribution >= 0.6 is 0 Å². The van der Waals surface area contributed by atoms with E-state index in [1.165, 1.54) is 24.3 Å². The molecule has 0 atom stereocenters. The number of nitrogens with zero attached hydrogens (tertiary/aromatic N) is 2. The summed E-state index contributed by atoms with van der Waals surface area (Å²) in [6, 6.07) is 5.95. The van der Waals surface area contributed by atoms with Crippen LogP contribution in [0.15, 0.2) is 30.3 Å². The van der Waals surface area contributed by atoms with Gasteiger partial charge in [0.05, 0.1) is 5.69 Å². The van der Waals surface area contributed by atoms with Crippen LogP contribution in [0.3, 0.4) is 0 Å². The van der Waals surface area contributed by atoms with Crippen molar-refractivity contribution < 1.29 is 17.6 Å². The second kappa shape index (κ2) is 6.07. The number of anilines is 1. The number of halogens is 4. The second-order valence-corrected chi connectivity index (χ2v) is 4.39. The first-order chi connectivity index (χ1) is 9.90. The fourth-order valence-electron chi connectivity index (χ4n) is 1.68. The lowest BCUT2D eigenvalue weighted by atomic mass is 10.1. The molecular weight excluding hydrogens is 286 g/mol. The normalized spacial score (nSPS) is 11.5. The lowest BCUT2D eigenvalue weighted by molar-refractivity contribution is -0.141. The van der Waals surface area contributed by atoms with Gasteiger partial charge >= 0.3 is 6.18 Å². The molecule has 0 saturated carbocycles. The number of nitrogens with one attached hydrogen (secondary N) is 1. The molecule has 0 aliphatic heterocycles. The van der Waals surface area contributed by atoms with Crippen molar-refractivity contribution in [1.29, 1.82) is 0 Å². The maximum absolute atomic E-state index is 12.9. The van der Waals surface area contributed by atoms with Gasteiger partial charge in [-0.05, 0) is 36.8 Å². The Balaban J connectivity index is 2.46. The third-order valence-electron chi connectivity index (χ3n) is 2.69. The summed E-state index contributed by atoms with van der Waals surface area (Å²) in [5.74, 6) is -0.556. The van der Waals surface area contributed by atoms with Crippen molar-refractivity contribution >= 4 is 5.95 Å². The van der Waals surface area contributed by atoms with Crippen LogP contribution in [0.5, 0.6) is 0 Å². The van der Waals surface area contributed by atoms with Crippen molar-refractivity contribution in [3.05, 3.63) is 41.8 Å². The van der Waals surface area contributed by atoms with Crippen LogP contribution in [-0.2, 0) is 6.18 Å². The summed E-state index contributed by atoms with van der Waals surface area (Å²) >= 11 is 0. The topological polar surface area (TPSA) is 37.8 Å². The van der Waals surface area contributed by atoms with Crippen LogP contribution in [0.25, 0.3) is 11.3 Å². The predicted molar refractivity (Wildman–Crippen MR) is 71.2 cm³/mol. The first-order valence-electron chi connectivity index (χ1n) is 6.36. The van der Waals surface area contributed by atoms with E-state index >= 15 is 0 Å². The van der Waals surface area contributed by atoms with Crippen molar-refractivity contribution in [2.45, 2.75) is 19.5 Å². The summed E-state index contributed by atoms with van der Waals surface area (Å²) in [5.41, 5.74) is -0.546. The van der Waals surface area contributed by atoms with Gasteiger partial charge < -0.3 is 5.32 Å². The standard InChI is InChI=1S/C14H13F4N3/c1-2-7-19-13-20-11(8-12(21-13)14(16,17)18)9-3-5-10(15)6-4-9/h3-6,8H,2,7H2,1H3,(H,19,20,21). The zero-order chi connectivity index (χ0) is 15.5. The van der Waals surface area contributed by atoms with E-state index in [1.807, 2.05) is 6.92 Å². The van der Waals surface area contributed by atoms with Crippen molar-refractivity contribution in [2.75, 3.05) is 11.9 Å². The minimum Gasteiger partial charge on any atom is -0.354 e. The first kappa shape index (κ1) is 15.2. The molecule has 0 unspecified atom stereocenters. The highest BCUT2D eigenvalue weighted by atomic mass is 19.4.